The molecule has 0 aromatic carbocycles. The average Bonchev–Trinajstić information content (AvgIpc) is 3.54. The third kappa shape index (κ3) is 7.72. The number of aliphatic hydroxyl groups is 2. The zero-order valence-electron chi connectivity index (χ0n) is 20.9. The topological polar surface area (TPSA) is 138 Å². The number of nitrogens with one attached hydrogen (secondary N) is 1. The van der Waals surface area contributed by atoms with Crippen molar-refractivity contribution in [1.29, 1.82) is 0 Å². The molecule has 0 aromatic rings. The Bertz CT molecular complexity index is 846. The molecule has 3 saturated heterocycles. The van der Waals surface area contributed by atoms with Crippen molar-refractivity contribution in [1.82, 2.24) is 5.32 Å². The van der Waals surface area contributed by atoms with Gasteiger partial charge in [-0.15, -0.1) is 0 Å². The molecule has 0 radical (unpaired) electrons. The quantitative estimate of drug-likeness (QED) is 0.217. The maximum Gasteiger partial charge on any atom is 0.305 e. The van der Waals surface area contributed by atoms with Gasteiger partial charge in [0.05, 0.1) is 43.5 Å². The minimum absolute atomic E-state index is 0.00843. The minimum atomic E-state index is -0.935. The normalized spacial score (nSPS) is 38.7. The van der Waals surface area contributed by atoms with E-state index < -0.39 is 36.0 Å². The lowest BCUT2D eigenvalue weighted by Gasteiger charge is -2.39. The van der Waals surface area contributed by atoms with Crippen molar-refractivity contribution in [3.63, 3.8) is 0 Å². The van der Waals surface area contributed by atoms with Gasteiger partial charge in [0, 0.05) is 12.5 Å². The molecule has 3 heterocycles. The van der Waals surface area contributed by atoms with Gasteiger partial charge in [0.2, 0.25) is 5.91 Å². The molecule has 9 heteroatoms. The predicted molar refractivity (Wildman–Crippen MR) is 129 cm³/mol. The second kappa shape index (κ2) is 11.8. The van der Waals surface area contributed by atoms with Crippen LogP contribution in [0.3, 0.4) is 0 Å². The van der Waals surface area contributed by atoms with E-state index in [-0.39, 0.29) is 36.5 Å². The van der Waals surface area contributed by atoms with Crippen molar-refractivity contribution in [2.24, 2.45) is 5.92 Å². The summed E-state index contributed by atoms with van der Waals surface area (Å²) in [5.41, 5.74) is 0.291. The molecule has 3 aliphatic heterocycles. The fourth-order valence-electron chi connectivity index (χ4n) is 4.78. The number of aliphatic carboxylic acids is 1. The number of rotatable bonds is 9. The van der Waals surface area contributed by atoms with Gasteiger partial charge in [-0.1, -0.05) is 36.8 Å². The van der Waals surface area contributed by atoms with E-state index in [9.17, 15) is 19.8 Å². The number of amides is 1. The lowest BCUT2D eigenvalue weighted by Crippen LogP contribution is -2.50. The Kier molecular flexibility index (Phi) is 9.28. The van der Waals surface area contributed by atoms with Crippen LogP contribution >= 0.6 is 0 Å². The van der Waals surface area contributed by atoms with E-state index in [0.717, 1.165) is 12.0 Å². The number of carbonyl (C=O) groups is 2. The number of carbonyl (C=O) groups excluding carboxylic acids is 1. The van der Waals surface area contributed by atoms with Gasteiger partial charge in [0.1, 0.15) is 17.8 Å². The lowest BCUT2D eigenvalue weighted by atomic mass is 9.87. The maximum atomic E-state index is 12.1. The van der Waals surface area contributed by atoms with E-state index in [4.69, 9.17) is 19.3 Å². The molecule has 0 saturated carbocycles. The molecule has 0 bridgehead atoms. The standard InChI is InChI=1S/C26H39NO8/c1-15(6-9-22-25(32)26(14-33-26)13-19(35-22)12-24(30)31)5-8-21-16(2)11-20(18(4)34-21)27-23(29)10-7-17(3)28/h5-7,9-10,16-22,25,28,32H,8,11-14H2,1-4H3,(H,27,29)(H,30,31)/t16-,17-,18+,19+,20+,21-,22+,25+,26+/m0/s1. The van der Waals surface area contributed by atoms with Crippen molar-refractivity contribution >= 4 is 11.9 Å². The summed E-state index contributed by atoms with van der Waals surface area (Å²) in [6.07, 6.45) is 7.50. The van der Waals surface area contributed by atoms with Crippen LogP contribution in [0.5, 0.6) is 0 Å². The van der Waals surface area contributed by atoms with Crippen LogP contribution in [0.1, 0.15) is 53.4 Å². The fraction of sp³-hybridized carbons (Fsp3) is 0.692. The minimum Gasteiger partial charge on any atom is -0.481 e. The van der Waals surface area contributed by atoms with Gasteiger partial charge in [-0.2, -0.15) is 0 Å². The van der Waals surface area contributed by atoms with Crippen molar-refractivity contribution < 1.29 is 39.1 Å². The highest BCUT2D eigenvalue weighted by Crippen LogP contribution is 2.43. The average molecular weight is 494 g/mol. The molecule has 9 atom stereocenters. The molecule has 3 fully saturated rings. The van der Waals surface area contributed by atoms with Crippen LogP contribution < -0.4 is 5.32 Å². The van der Waals surface area contributed by atoms with Crippen LogP contribution in [-0.4, -0.2) is 82.1 Å². The SMILES string of the molecule is CC(C=C[C@H]1O[C@H](CC(=O)O)C[C@@]2(CO2)[C@@H]1O)=CC[C@@H]1O[C@H](C)[C@H](NC(=O)C=C[C@H](C)O)C[C@@H]1C. The Morgan fingerprint density at radius 1 is 1.23 bits per heavy atom. The molecule has 196 valence electrons. The first-order valence-electron chi connectivity index (χ1n) is 12.4. The number of ether oxygens (including phenoxy) is 3. The van der Waals surface area contributed by atoms with Gasteiger partial charge in [-0.05, 0) is 39.5 Å². The van der Waals surface area contributed by atoms with Gasteiger partial charge in [0.25, 0.3) is 0 Å². The third-order valence-electron chi connectivity index (χ3n) is 6.98. The maximum absolute atomic E-state index is 12.1. The molecule has 0 aromatic heterocycles. The highest BCUT2D eigenvalue weighted by Gasteiger charge is 2.58. The van der Waals surface area contributed by atoms with Crippen LogP contribution in [0.4, 0.5) is 0 Å². The number of epoxide rings is 1. The van der Waals surface area contributed by atoms with Gasteiger partial charge in [-0.3, -0.25) is 9.59 Å². The van der Waals surface area contributed by atoms with E-state index in [1.54, 1.807) is 13.0 Å². The third-order valence-corrected chi connectivity index (χ3v) is 6.98. The van der Waals surface area contributed by atoms with Gasteiger partial charge < -0.3 is 34.8 Å². The summed E-state index contributed by atoms with van der Waals surface area (Å²) >= 11 is 0. The predicted octanol–water partition coefficient (Wildman–Crippen LogP) is 1.88. The van der Waals surface area contributed by atoms with Crippen molar-refractivity contribution in [3.8, 4) is 0 Å². The molecular weight excluding hydrogens is 454 g/mol. The molecule has 9 nitrogen and oxygen atoms in total. The smallest absolute Gasteiger partial charge is 0.305 e. The molecule has 3 rings (SSSR count). The zero-order chi connectivity index (χ0) is 25.8. The van der Waals surface area contributed by atoms with Crippen LogP contribution in [0.2, 0.25) is 0 Å². The lowest BCUT2D eigenvalue weighted by molar-refractivity contribution is -0.155. The summed E-state index contributed by atoms with van der Waals surface area (Å²) in [5, 5.41) is 32.0. The van der Waals surface area contributed by atoms with Crippen molar-refractivity contribution in [2.75, 3.05) is 6.61 Å². The molecule has 1 amide bonds. The van der Waals surface area contributed by atoms with Gasteiger partial charge in [-0.25, -0.2) is 0 Å². The number of carboxylic acids is 1. The molecular formula is C26H39NO8. The largest absolute Gasteiger partial charge is 0.481 e. The Hall–Kier alpha value is -2.04. The summed E-state index contributed by atoms with van der Waals surface area (Å²) in [4.78, 5) is 23.2. The van der Waals surface area contributed by atoms with E-state index in [2.05, 4.69) is 18.3 Å². The van der Waals surface area contributed by atoms with Crippen molar-refractivity contribution in [3.05, 3.63) is 36.0 Å². The molecule has 1 spiro atoms. The summed E-state index contributed by atoms with van der Waals surface area (Å²) < 4.78 is 17.5. The number of hydrogen-bond acceptors (Lipinski definition) is 7. The van der Waals surface area contributed by atoms with E-state index in [1.165, 1.54) is 12.2 Å². The molecule has 3 aliphatic rings. The van der Waals surface area contributed by atoms with Crippen LogP contribution in [-0.2, 0) is 23.8 Å². The second-order valence-corrected chi connectivity index (χ2v) is 10.2. The Morgan fingerprint density at radius 3 is 2.57 bits per heavy atom. The van der Waals surface area contributed by atoms with Crippen LogP contribution in [0.25, 0.3) is 0 Å². The van der Waals surface area contributed by atoms with Crippen molar-refractivity contribution in [2.45, 2.75) is 102 Å². The molecule has 35 heavy (non-hydrogen) atoms. The first kappa shape index (κ1) is 27.5. The van der Waals surface area contributed by atoms with Gasteiger partial charge in [0.15, 0.2) is 0 Å². The van der Waals surface area contributed by atoms with Gasteiger partial charge >= 0.3 is 5.97 Å². The Balaban J connectivity index is 1.52. The number of allylic oxidation sites excluding steroid dienone is 2. The molecule has 0 unspecified atom stereocenters. The van der Waals surface area contributed by atoms with E-state index >= 15 is 0 Å². The summed E-state index contributed by atoms with van der Waals surface area (Å²) in [5.74, 6) is -0.943. The van der Waals surface area contributed by atoms with Crippen LogP contribution in [0.15, 0.2) is 36.0 Å². The highest BCUT2D eigenvalue weighted by molar-refractivity contribution is 5.87. The molecule has 0 aliphatic carbocycles. The first-order chi connectivity index (χ1) is 16.5. The Morgan fingerprint density at radius 2 is 1.94 bits per heavy atom. The van der Waals surface area contributed by atoms with E-state index in [0.29, 0.717) is 19.4 Å². The highest BCUT2D eigenvalue weighted by atomic mass is 16.6. The summed E-state index contributed by atoms with van der Waals surface area (Å²) in [7, 11) is 0. The monoisotopic (exact) mass is 493 g/mol. The first-order valence-corrected chi connectivity index (χ1v) is 12.4. The zero-order valence-corrected chi connectivity index (χ0v) is 20.9. The number of aliphatic hydroxyl groups excluding tert-OH is 2. The summed E-state index contributed by atoms with van der Waals surface area (Å²) in [6, 6.07) is -0.0991. The fourth-order valence-corrected chi connectivity index (χ4v) is 4.78. The van der Waals surface area contributed by atoms with Crippen LogP contribution in [0, 0.1) is 5.92 Å². The summed E-state index contributed by atoms with van der Waals surface area (Å²) in [6.45, 7) is 8.01. The second-order valence-electron chi connectivity index (χ2n) is 10.2. The molecule has 4 N–H and O–H groups in total. The number of carboxylic acid groups (broad SMARTS) is 1. The Labute approximate surface area is 206 Å². The number of hydrogen-bond donors (Lipinski definition) is 4. The van der Waals surface area contributed by atoms with E-state index in [1.807, 2.05) is 19.9 Å².